The minimum Gasteiger partial charge on any atom is -0.493 e. The first-order valence-corrected chi connectivity index (χ1v) is 15.2. The molecule has 0 aliphatic carbocycles. The highest BCUT2D eigenvalue weighted by molar-refractivity contribution is 6.17. The molecule has 0 unspecified atom stereocenters. The Balaban J connectivity index is 1.94. The van der Waals surface area contributed by atoms with Crippen LogP contribution in [0.4, 0.5) is 35.5 Å². The first-order valence-electron chi connectivity index (χ1n) is 14.6. The molecule has 16 heteroatoms. The van der Waals surface area contributed by atoms with Crippen molar-refractivity contribution in [2.75, 3.05) is 49.9 Å². The third kappa shape index (κ3) is 16.2. The number of amides is 1. The molecule has 0 aliphatic heterocycles. The lowest BCUT2D eigenvalue weighted by Crippen LogP contribution is -2.32. The van der Waals surface area contributed by atoms with Crippen molar-refractivity contribution in [1.82, 2.24) is 20.3 Å². The average molecular weight is 663 g/mol. The van der Waals surface area contributed by atoms with Crippen molar-refractivity contribution in [3.8, 4) is 11.8 Å². The number of carbonyl (C=O) groups excluding carboxylic acids is 2. The largest absolute Gasteiger partial charge is 0.493 e. The second-order valence-corrected chi connectivity index (χ2v) is 11.2. The van der Waals surface area contributed by atoms with Crippen molar-refractivity contribution in [3.63, 3.8) is 0 Å². The molecule has 2 rings (SSSR count). The Labute approximate surface area is 266 Å². The Bertz CT molecular complexity index is 1220. The summed E-state index contributed by atoms with van der Waals surface area (Å²) in [4.78, 5) is 36.0. The summed E-state index contributed by atoms with van der Waals surface area (Å²) in [5, 5.41) is 8.63. The van der Waals surface area contributed by atoms with Gasteiger partial charge in [0.2, 0.25) is 11.9 Å². The summed E-state index contributed by atoms with van der Waals surface area (Å²) in [7, 11) is 1.24. The van der Waals surface area contributed by atoms with Gasteiger partial charge < -0.3 is 34.9 Å². The second kappa shape index (κ2) is 18.9. The maximum atomic E-state index is 12.8. The molecule has 0 saturated carbocycles. The Morgan fingerprint density at radius 1 is 0.889 bits per heavy atom. The highest BCUT2D eigenvalue weighted by Crippen LogP contribution is 2.27. The van der Waals surface area contributed by atoms with Crippen LogP contribution in [0.15, 0.2) is 18.2 Å². The molecule has 12 nitrogen and oxygen atoms in total. The fraction of sp³-hybridized carbons (Fsp3) is 0.621. The van der Waals surface area contributed by atoms with Crippen LogP contribution >= 0.6 is 11.6 Å². The van der Waals surface area contributed by atoms with Gasteiger partial charge >= 0.3 is 24.2 Å². The molecule has 1 heterocycles. The molecule has 252 valence electrons. The molecular formula is C29H42ClF3N6O6. The van der Waals surface area contributed by atoms with Gasteiger partial charge in [-0.2, -0.15) is 28.1 Å². The normalized spacial score (nSPS) is 11.5. The summed E-state index contributed by atoms with van der Waals surface area (Å²) < 4.78 is 58.8. The van der Waals surface area contributed by atoms with Crippen LogP contribution in [-0.2, 0) is 9.47 Å². The predicted molar refractivity (Wildman–Crippen MR) is 164 cm³/mol. The number of methoxy groups -OCH3 is 1. The molecule has 1 amide bonds. The fourth-order valence-corrected chi connectivity index (χ4v) is 3.84. The maximum absolute atomic E-state index is 12.8. The summed E-state index contributed by atoms with van der Waals surface area (Å²) in [5.41, 5.74) is 0.0453. The molecule has 1 aromatic carbocycles. The van der Waals surface area contributed by atoms with Crippen molar-refractivity contribution >= 4 is 41.2 Å². The molecular weight excluding hydrogens is 621 g/mol. The zero-order chi connectivity index (χ0) is 33.3. The van der Waals surface area contributed by atoms with Crippen molar-refractivity contribution in [2.24, 2.45) is 0 Å². The zero-order valence-corrected chi connectivity index (χ0v) is 26.8. The number of ether oxygens (including phenoxy) is 4. The Morgan fingerprint density at radius 3 is 2.20 bits per heavy atom. The summed E-state index contributed by atoms with van der Waals surface area (Å²) in [6.45, 7) is 5.12. The number of hydrogen-bond acceptors (Lipinski definition) is 11. The monoisotopic (exact) mass is 662 g/mol. The SMILES string of the molecule is COC(=O)c1ccc(Nc2nc(NCCCCCCCCNC(=O)OC(C)(C)C)nc(OCC(F)(F)F)n2)cc1OCCCCl. The van der Waals surface area contributed by atoms with E-state index in [9.17, 15) is 22.8 Å². The van der Waals surface area contributed by atoms with E-state index in [1.807, 2.05) is 20.8 Å². The van der Waals surface area contributed by atoms with Crippen LogP contribution in [0, 0.1) is 0 Å². The molecule has 0 bridgehead atoms. The number of anilines is 3. The van der Waals surface area contributed by atoms with Crippen LogP contribution in [0.2, 0.25) is 0 Å². The lowest BCUT2D eigenvalue weighted by molar-refractivity contribution is -0.154. The quantitative estimate of drug-likeness (QED) is 0.0846. The van der Waals surface area contributed by atoms with Crippen molar-refractivity contribution in [1.29, 1.82) is 0 Å². The van der Waals surface area contributed by atoms with Gasteiger partial charge in [-0.1, -0.05) is 25.7 Å². The number of halogens is 4. The van der Waals surface area contributed by atoms with Gasteiger partial charge in [-0.05, 0) is 52.2 Å². The van der Waals surface area contributed by atoms with Gasteiger partial charge in [-0.3, -0.25) is 0 Å². The molecule has 0 fully saturated rings. The highest BCUT2D eigenvalue weighted by Gasteiger charge is 2.29. The number of esters is 1. The van der Waals surface area contributed by atoms with Gasteiger partial charge in [-0.25, -0.2) is 9.59 Å². The minimum atomic E-state index is -4.58. The van der Waals surface area contributed by atoms with E-state index in [2.05, 4.69) is 30.9 Å². The number of carbonyl (C=O) groups is 2. The molecule has 0 aliphatic rings. The van der Waals surface area contributed by atoms with Gasteiger partial charge in [0.1, 0.15) is 16.9 Å². The zero-order valence-electron chi connectivity index (χ0n) is 26.0. The number of alkyl carbamates (subject to hydrolysis) is 1. The van der Waals surface area contributed by atoms with Gasteiger partial charge in [0, 0.05) is 30.7 Å². The van der Waals surface area contributed by atoms with Crippen molar-refractivity contribution < 1.29 is 41.7 Å². The van der Waals surface area contributed by atoms with E-state index in [1.54, 1.807) is 6.07 Å². The fourth-order valence-electron chi connectivity index (χ4n) is 3.73. The van der Waals surface area contributed by atoms with E-state index in [4.69, 9.17) is 30.5 Å². The summed E-state index contributed by atoms with van der Waals surface area (Å²) in [5.74, 6) is -0.0729. The average Bonchev–Trinajstić information content (AvgIpc) is 2.95. The number of hydrogen-bond donors (Lipinski definition) is 3. The van der Waals surface area contributed by atoms with E-state index in [1.165, 1.54) is 19.2 Å². The summed E-state index contributed by atoms with van der Waals surface area (Å²) in [6.07, 6.45) is 0.934. The number of benzene rings is 1. The van der Waals surface area contributed by atoms with Gasteiger partial charge in [-0.15, -0.1) is 11.6 Å². The number of unbranched alkanes of at least 4 members (excludes halogenated alkanes) is 5. The van der Waals surface area contributed by atoms with E-state index in [0.717, 1.165) is 38.5 Å². The molecule has 2 aromatic rings. The third-order valence-corrected chi connectivity index (χ3v) is 5.98. The van der Waals surface area contributed by atoms with Crippen LogP contribution in [0.25, 0.3) is 0 Å². The van der Waals surface area contributed by atoms with E-state index < -0.39 is 36.5 Å². The van der Waals surface area contributed by atoms with Crippen LogP contribution in [0.1, 0.15) is 76.1 Å². The first kappa shape index (κ1) is 37.4. The number of nitrogens with zero attached hydrogens (tertiary/aromatic N) is 3. The lowest BCUT2D eigenvalue weighted by Gasteiger charge is -2.19. The lowest BCUT2D eigenvalue weighted by atomic mass is 10.1. The van der Waals surface area contributed by atoms with Crippen LogP contribution in [0.5, 0.6) is 11.8 Å². The first-order chi connectivity index (χ1) is 21.3. The van der Waals surface area contributed by atoms with Gasteiger partial charge in [0.25, 0.3) is 0 Å². The third-order valence-electron chi connectivity index (χ3n) is 5.71. The maximum Gasteiger partial charge on any atom is 0.422 e. The molecule has 0 saturated heterocycles. The van der Waals surface area contributed by atoms with E-state index in [0.29, 0.717) is 31.1 Å². The number of aromatic nitrogens is 3. The molecule has 45 heavy (non-hydrogen) atoms. The Morgan fingerprint density at radius 2 is 1.56 bits per heavy atom. The smallest absolute Gasteiger partial charge is 0.422 e. The topological polar surface area (TPSA) is 146 Å². The predicted octanol–water partition coefficient (Wildman–Crippen LogP) is 6.63. The molecule has 0 radical (unpaired) electrons. The number of rotatable bonds is 19. The van der Waals surface area contributed by atoms with E-state index >= 15 is 0 Å². The summed E-state index contributed by atoms with van der Waals surface area (Å²) >= 11 is 5.72. The minimum absolute atomic E-state index is 0.0302. The summed E-state index contributed by atoms with van der Waals surface area (Å²) in [6, 6.07) is 4.02. The van der Waals surface area contributed by atoms with Crippen molar-refractivity contribution in [3.05, 3.63) is 23.8 Å². The Kier molecular flexibility index (Phi) is 15.7. The van der Waals surface area contributed by atoms with Gasteiger partial charge in [0.15, 0.2) is 6.61 Å². The second-order valence-electron chi connectivity index (χ2n) is 10.9. The molecule has 3 N–H and O–H groups in total. The number of alkyl halides is 4. The Hall–Kier alpha value is -3.75. The van der Waals surface area contributed by atoms with Crippen LogP contribution < -0.4 is 25.4 Å². The van der Waals surface area contributed by atoms with Crippen molar-refractivity contribution in [2.45, 2.75) is 77.5 Å². The molecule has 0 spiro atoms. The van der Waals surface area contributed by atoms with E-state index in [-0.39, 0.29) is 29.8 Å². The number of nitrogens with one attached hydrogen (secondary N) is 3. The van der Waals surface area contributed by atoms with Crippen LogP contribution in [-0.4, -0.2) is 78.1 Å². The van der Waals surface area contributed by atoms with Crippen LogP contribution in [0.3, 0.4) is 0 Å². The highest BCUT2D eigenvalue weighted by atomic mass is 35.5. The molecule has 1 aromatic heterocycles. The molecule has 0 atom stereocenters. The standard InChI is InChI=1S/C29H42ClF3N6O6/c1-28(2,3)45-27(41)35-16-10-8-6-5-7-9-15-34-24-37-25(39-26(38-24)44-19-29(31,32)33)36-20-12-13-21(23(40)42-4)22(18-20)43-17-11-14-30/h12-13,18H,5-11,14-17,19H2,1-4H3,(H,35,41)(H2,34,36,37,38,39). The van der Waals surface area contributed by atoms with Gasteiger partial charge in [0.05, 0.1) is 13.7 Å².